The van der Waals surface area contributed by atoms with Gasteiger partial charge in [0.25, 0.3) is 5.91 Å². The monoisotopic (exact) mass is 411 g/mol. The van der Waals surface area contributed by atoms with Crippen LogP contribution in [-0.4, -0.2) is 37.0 Å². The zero-order valence-electron chi connectivity index (χ0n) is 16.6. The number of carbonyl (C=O) groups is 3. The first kappa shape index (κ1) is 21.3. The van der Waals surface area contributed by atoms with Gasteiger partial charge in [-0.1, -0.05) is 18.2 Å². The number of benzene rings is 2. The summed E-state index contributed by atoms with van der Waals surface area (Å²) in [7, 11) is 0. The van der Waals surface area contributed by atoms with E-state index in [0.29, 0.717) is 23.6 Å². The molecule has 8 heteroatoms. The van der Waals surface area contributed by atoms with E-state index in [1.165, 1.54) is 0 Å². The summed E-state index contributed by atoms with van der Waals surface area (Å²) in [5, 5.41) is 2.70. The van der Waals surface area contributed by atoms with Gasteiger partial charge in [-0.15, -0.1) is 0 Å². The zero-order chi connectivity index (χ0) is 21.2. The fraction of sp³-hybridized carbons (Fsp3) is 0.318. The van der Waals surface area contributed by atoms with E-state index in [1.807, 2.05) is 6.07 Å². The molecule has 30 heavy (non-hydrogen) atoms. The topological polar surface area (TPSA) is 106 Å². The second-order valence-electron chi connectivity index (χ2n) is 6.89. The van der Waals surface area contributed by atoms with Gasteiger partial charge in [-0.2, -0.15) is 0 Å². The van der Waals surface area contributed by atoms with Gasteiger partial charge in [-0.05, 0) is 49.2 Å². The van der Waals surface area contributed by atoms with Crippen molar-refractivity contribution in [2.24, 2.45) is 0 Å². The minimum Gasteiger partial charge on any atom is -0.491 e. The fourth-order valence-electron chi connectivity index (χ4n) is 2.90. The molecule has 1 unspecified atom stereocenters. The van der Waals surface area contributed by atoms with Crippen molar-refractivity contribution in [1.29, 1.82) is 0 Å². The van der Waals surface area contributed by atoms with Crippen LogP contribution in [0.4, 0.5) is 5.69 Å². The van der Waals surface area contributed by atoms with E-state index >= 15 is 0 Å². The van der Waals surface area contributed by atoms with Crippen LogP contribution in [-0.2, 0) is 14.3 Å². The molecule has 3 rings (SSSR count). The van der Waals surface area contributed by atoms with Gasteiger partial charge < -0.3 is 14.8 Å². The first-order valence-corrected chi connectivity index (χ1v) is 9.89. The van der Waals surface area contributed by atoms with Crippen molar-refractivity contribution < 1.29 is 23.9 Å². The summed E-state index contributed by atoms with van der Waals surface area (Å²) in [6, 6.07) is 15.6. The van der Waals surface area contributed by atoms with Crippen molar-refractivity contribution in [3.05, 3.63) is 60.2 Å². The number of anilines is 1. The lowest BCUT2D eigenvalue weighted by molar-refractivity contribution is -0.124. The molecule has 0 radical (unpaired) electrons. The highest BCUT2D eigenvalue weighted by atomic mass is 16.5. The Morgan fingerprint density at radius 1 is 0.933 bits per heavy atom. The van der Waals surface area contributed by atoms with Crippen molar-refractivity contribution in [3.8, 4) is 5.75 Å². The molecule has 2 aromatic rings. The Morgan fingerprint density at radius 2 is 1.67 bits per heavy atom. The van der Waals surface area contributed by atoms with Gasteiger partial charge in [0.15, 0.2) is 0 Å². The Labute approximate surface area is 174 Å². The number of hydrazine groups is 1. The van der Waals surface area contributed by atoms with Crippen molar-refractivity contribution in [2.45, 2.75) is 31.8 Å². The van der Waals surface area contributed by atoms with E-state index in [-0.39, 0.29) is 24.9 Å². The average molecular weight is 411 g/mol. The van der Waals surface area contributed by atoms with Crippen molar-refractivity contribution in [2.75, 3.05) is 18.5 Å². The molecule has 0 aromatic heterocycles. The molecule has 3 N–H and O–H groups in total. The van der Waals surface area contributed by atoms with Crippen LogP contribution in [0.1, 0.15) is 36.0 Å². The van der Waals surface area contributed by atoms with Gasteiger partial charge in [0.2, 0.25) is 11.8 Å². The van der Waals surface area contributed by atoms with Crippen LogP contribution in [0.2, 0.25) is 0 Å². The van der Waals surface area contributed by atoms with Crippen molar-refractivity contribution in [1.82, 2.24) is 10.9 Å². The first-order chi connectivity index (χ1) is 14.6. The summed E-state index contributed by atoms with van der Waals surface area (Å²) in [5.41, 5.74) is 5.69. The highest BCUT2D eigenvalue weighted by Crippen LogP contribution is 2.16. The van der Waals surface area contributed by atoms with Crippen LogP contribution < -0.4 is 20.9 Å². The smallest absolute Gasteiger partial charge is 0.269 e. The maximum Gasteiger partial charge on any atom is 0.269 e. The number of amides is 3. The lowest BCUT2D eigenvalue weighted by atomic mass is 10.2. The molecular formula is C22H25N3O5. The van der Waals surface area contributed by atoms with Gasteiger partial charge in [0.1, 0.15) is 12.4 Å². The normalized spacial score (nSPS) is 15.3. The quantitative estimate of drug-likeness (QED) is 0.579. The minimum atomic E-state index is -0.456. The van der Waals surface area contributed by atoms with Crippen LogP contribution in [0.5, 0.6) is 5.75 Å². The summed E-state index contributed by atoms with van der Waals surface area (Å²) in [4.78, 5) is 35.9. The Morgan fingerprint density at radius 3 is 2.37 bits per heavy atom. The lowest BCUT2D eigenvalue weighted by Gasteiger charge is -2.12. The van der Waals surface area contributed by atoms with Crippen molar-refractivity contribution in [3.63, 3.8) is 0 Å². The molecule has 1 aliphatic heterocycles. The van der Waals surface area contributed by atoms with Gasteiger partial charge in [0, 0.05) is 30.7 Å². The van der Waals surface area contributed by atoms with Gasteiger partial charge in [-0.3, -0.25) is 25.2 Å². The van der Waals surface area contributed by atoms with Crippen LogP contribution in [0.15, 0.2) is 54.6 Å². The highest BCUT2D eigenvalue weighted by molar-refractivity contribution is 5.96. The number of carbonyl (C=O) groups excluding carboxylic acids is 3. The second-order valence-corrected chi connectivity index (χ2v) is 6.89. The predicted molar refractivity (Wildman–Crippen MR) is 111 cm³/mol. The summed E-state index contributed by atoms with van der Waals surface area (Å²) in [5.74, 6) is -0.539. The highest BCUT2D eigenvalue weighted by Gasteiger charge is 2.16. The van der Waals surface area contributed by atoms with E-state index in [1.54, 1.807) is 48.5 Å². The lowest BCUT2D eigenvalue weighted by Crippen LogP contribution is -2.41. The Bertz CT molecular complexity index is 849. The largest absolute Gasteiger partial charge is 0.491 e. The number of nitrogens with one attached hydrogen (secondary N) is 3. The standard InChI is InChI=1S/C22H25N3O5/c26-20(23-17-5-2-1-3-6-17)12-13-21(27)24-25-22(28)16-8-10-18(11-9-16)30-15-19-7-4-14-29-19/h1-3,5-6,8-11,19H,4,7,12-15H2,(H,23,26)(H,24,27)(H,25,28). The summed E-state index contributed by atoms with van der Waals surface area (Å²) < 4.78 is 11.2. The Hall–Kier alpha value is -3.39. The molecule has 2 aromatic carbocycles. The number of hydrogen-bond donors (Lipinski definition) is 3. The van der Waals surface area contributed by atoms with E-state index < -0.39 is 11.8 Å². The number of rotatable bonds is 8. The molecule has 1 heterocycles. The molecule has 0 saturated carbocycles. The Kier molecular flexibility index (Phi) is 7.79. The van der Waals surface area contributed by atoms with Crippen LogP contribution in [0.3, 0.4) is 0 Å². The van der Waals surface area contributed by atoms with E-state index in [4.69, 9.17) is 9.47 Å². The minimum absolute atomic E-state index is 0.00728. The molecule has 158 valence electrons. The molecular weight excluding hydrogens is 386 g/mol. The Balaban J connectivity index is 1.34. The first-order valence-electron chi connectivity index (χ1n) is 9.89. The number of hydrogen-bond acceptors (Lipinski definition) is 5. The molecule has 0 spiro atoms. The van der Waals surface area contributed by atoms with Gasteiger partial charge >= 0.3 is 0 Å². The van der Waals surface area contributed by atoms with E-state index in [2.05, 4.69) is 16.2 Å². The fourth-order valence-corrected chi connectivity index (χ4v) is 2.90. The third kappa shape index (κ3) is 6.89. The molecule has 8 nitrogen and oxygen atoms in total. The third-order valence-electron chi connectivity index (χ3n) is 4.53. The van der Waals surface area contributed by atoms with Crippen LogP contribution in [0, 0.1) is 0 Å². The number of para-hydroxylation sites is 1. The number of ether oxygens (including phenoxy) is 2. The molecule has 0 aliphatic carbocycles. The third-order valence-corrected chi connectivity index (χ3v) is 4.53. The van der Waals surface area contributed by atoms with E-state index in [9.17, 15) is 14.4 Å². The predicted octanol–water partition coefficient (Wildman–Crippen LogP) is 2.42. The molecule has 0 bridgehead atoms. The second kappa shape index (κ2) is 11.0. The van der Waals surface area contributed by atoms with Gasteiger partial charge in [0.05, 0.1) is 6.10 Å². The average Bonchev–Trinajstić information content (AvgIpc) is 3.29. The zero-order valence-corrected chi connectivity index (χ0v) is 16.6. The maximum atomic E-state index is 12.1. The SMILES string of the molecule is O=C(CCC(=O)Nc1ccccc1)NNC(=O)c1ccc(OCC2CCCO2)cc1. The van der Waals surface area contributed by atoms with Crippen LogP contribution in [0.25, 0.3) is 0 Å². The maximum absolute atomic E-state index is 12.1. The van der Waals surface area contributed by atoms with Crippen LogP contribution >= 0.6 is 0 Å². The molecule has 1 atom stereocenters. The summed E-state index contributed by atoms with van der Waals surface area (Å²) in [6.45, 7) is 1.26. The van der Waals surface area contributed by atoms with Gasteiger partial charge in [-0.25, -0.2) is 0 Å². The molecule has 3 amide bonds. The molecule has 1 fully saturated rings. The molecule has 1 saturated heterocycles. The van der Waals surface area contributed by atoms with E-state index in [0.717, 1.165) is 19.4 Å². The molecule has 1 aliphatic rings. The van der Waals surface area contributed by atoms with Crippen molar-refractivity contribution >= 4 is 23.4 Å². The summed E-state index contributed by atoms with van der Waals surface area (Å²) >= 11 is 0. The summed E-state index contributed by atoms with van der Waals surface area (Å²) in [6.07, 6.45) is 2.13.